The van der Waals surface area contributed by atoms with E-state index in [9.17, 15) is 19.5 Å². The fourth-order valence-electron chi connectivity index (χ4n) is 5.92. The Labute approximate surface area is 314 Å². The number of aliphatic hydroxyl groups excluding tert-OH is 1. The van der Waals surface area contributed by atoms with Crippen LogP contribution in [0.1, 0.15) is 42.7 Å². The van der Waals surface area contributed by atoms with Crippen LogP contribution in [-0.2, 0) is 45.1 Å². The molecule has 2 aromatic carbocycles. The first kappa shape index (κ1) is 39.2. The van der Waals surface area contributed by atoms with Gasteiger partial charge in [0.1, 0.15) is 19.3 Å². The number of hydrogen-bond donors (Lipinski definition) is 4. The molecule has 13 nitrogen and oxygen atoms in total. The third-order valence-electron chi connectivity index (χ3n) is 8.75. The summed E-state index contributed by atoms with van der Waals surface area (Å²) >= 11 is 1.48. The summed E-state index contributed by atoms with van der Waals surface area (Å²) in [6, 6.07) is 20.5. The van der Waals surface area contributed by atoms with Crippen LogP contribution in [0, 0.1) is 5.92 Å². The molecule has 5 rings (SSSR count). The second-order valence-corrected chi connectivity index (χ2v) is 14.1. The Morgan fingerprint density at radius 2 is 1.49 bits per heavy atom. The summed E-state index contributed by atoms with van der Waals surface area (Å²) in [5.74, 6) is -0.698. The number of ether oxygens (including phenoxy) is 3. The Morgan fingerprint density at radius 3 is 2.15 bits per heavy atom. The number of nitrogens with zero attached hydrogens (tertiary/aromatic N) is 3. The summed E-state index contributed by atoms with van der Waals surface area (Å²) in [7, 11) is 0. The van der Waals surface area contributed by atoms with Crippen LogP contribution in [-0.4, -0.2) is 83.7 Å². The second kappa shape index (κ2) is 20.3. The van der Waals surface area contributed by atoms with Crippen molar-refractivity contribution in [2.45, 2.75) is 70.6 Å². The van der Waals surface area contributed by atoms with E-state index in [1.54, 1.807) is 24.5 Å². The van der Waals surface area contributed by atoms with Crippen molar-refractivity contribution in [2.24, 2.45) is 5.92 Å². The molecule has 2 aromatic heterocycles. The van der Waals surface area contributed by atoms with E-state index in [2.05, 4.69) is 30.8 Å². The molecule has 3 amide bonds. The van der Waals surface area contributed by atoms with Gasteiger partial charge < -0.3 is 40.2 Å². The first-order valence-corrected chi connectivity index (χ1v) is 18.7. The van der Waals surface area contributed by atoms with Crippen LogP contribution in [0.4, 0.5) is 14.7 Å². The zero-order valence-electron chi connectivity index (χ0n) is 30.1. The molecule has 1 unspecified atom stereocenters. The van der Waals surface area contributed by atoms with Gasteiger partial charge in [-0.25, -0.2) is 14.6 Å². The van der Waals surface area contributed by atoms with Crippen LogP contribution in [0.5, 0.6) is 0 Å². The predicted molar refractivity (Wildman–Crippen MR) is 201 cm³/mol. The highest BCUT2D eigenvalue weighted by molar-refractivity contribution is 7.13. The van der Waals surface area contributed by atoms with E-state index in [0.29, 0.717) is 31.7 Å². The van der Waals surface area contributed by atoms with Gasteiger partial charge in [-0.05, 0) is 42.4 Å². The summed E-state index contributed by atoms with van der Waals surface area (Å²) in [5, 5.41) is 23.0. The maximum absolute atomic E-state index is 13.8. The van der Waals surface area contributed by atoms with Crippen LogP contribution >= 0.6 is 11.3 Å². The lowest BCUT2D eigenvalue weighted by Gasteiger charge is -2.30. The summed E-state index contributed by atoms with van der Waals surface area (Å²) < 4.78 is 16.3. The number of pyridine rings is 1. The molecule has 53 heavy (non-hydrogen) atoms. The number of carbonyl (C=O) groups excluding carboxylic acids is 3. The number of hydrogen-bond acceptors (Lipinski definition) is 11. The van der Waals surface area contributed by atoms with Gasteiger partial charge in [0, 0.05) is 42.5 Å². The van der Waals surface area contributed by atoms with Gasteiger partial charge >= 0.3 is 12.2 Å². The monoisotopic (exact) mass is 744 g/mol. The van der Waals surface area contributed by atoms with E-state index >= 15 is 0 Å². The molecule has 1 aliphatic heterocycles. The lowest BCUT2D eigenvalue weighted by molar-refractivity contribution is -0.125. The van der Waals surface area contributed by atoms with Crippen molar-refractivity contribution < 1.29 is 33.7 Å². The van der Waals surface area contributed by atoms with E-state index < -0.39 is 42.3 Å². The molecule has 3 heterocycles. The maximum atomic E-state index is 13.8. The lowest BCUT2D eigenvalue weighted by Crippen LogP contribution is -2.54. The number of benzene rings is 2. The minimum Gasteiger partial charge on any atom is -0.445 e. The minimum absolute atomic E-state index is 0.0196. The molecule has 4 N–H and O–H groups in total. The number of aromatic nitrogens is 2. The molecule has 0 radical (unpaired) electrons. The normalized spacial score (nSPS) is 15.1. The first-order chi connectivity index (χ1) is 25.7. The number of carbonyl (C=O) groups is 3. The number of morpholine rings is 1. The standard InChI is InChI=1S/C39H48N6O7S/c1-27(2)35(44-39(49)52-25-32-26-53-37(42-32)45-16-18-50-19-17-45)36(47)41-31(20-28-10-5-3-6-11-28)22-34(46)33(21-29-12-7-4-8-13-29)43-38(48)51-24-30-14-9-15-40-23-30/h3-15,23,26-27,31,33-35,46H,16-22,24-25H2,1-2H3,(H,41,47)(H,43,48)(H,44,49)/t31-,33-,34-,35?/m0/s1. The summed E-state index contributed by atoms with van der Waals surface area (Å²) in [5.41, 5.74) is 3.20. The van der Waals surface area contributed by atoms with Gasteiger partial charge in [0.25, 0.3) is 0 Å². The van der Waals surface area contributed by atoms with Crippen molar-refractivity contribution in [1.82, 2.24) is 25.9 Å². The van der Waals surface area contributed by atoms with Crippen molar-refractivity contribution in [1.29, 1.82) is 0 Å². The minimum atomic E-state index is -1.08. The van der Waals surface area contributed by atoms with Gasteiger partial charge in [-0.15, -0.1) is 11.3 Å². The molecule has 0 saturated carbocycles. The highest BCUT2D eigenvalue weighted by Crippen LogP contribution is 2.22. The number of thiazole rings is 1. The van der Waals surface area contributed by atoms with Gasteiger partial charge in [0.2, 0.25) is 5.91 Å². The molecule has 14 heteroatoms. The molecule has 4 aromatic rings. The van der Waals surface area contributed by atoms with Crippen LogP contribution < -0.4 is 20.9 Å². The zero-order chi connectivity index (χ0) is 37.4. The Balaban J connectivity index is 1.23. The quantitative estimate of drug-likeness (QED) is 0.120. The van der Waals surface area contributed by atoms with Gasteiger partial charge in [0.05, 0.1) is 31.1 Å². The van der Waals surface area contributed by atoms with E-state index in [4.69, 9.17) is 14.2 Å². The lowest BCUT2D eigenvalue weighted by atomic mass is 9.93. The number of rotatable bonds is 17. The smallest absolute Gasteiger partial charge is 0.408 e. The molecular formula is C39H48N6O7S. The Bertz CT molecular complexity index is 1710. The van der Waals surface area contributed by atoms with E-state index in [1.165, 1.54) is 11.3 Å². The number of anilines is 1. The van der Waals surface area contributed by atoms with E-state index in [-0.39, 0.29) is 25.6 Å². The Morgan fingerprint density at radius 1 is 0.849 bits per heavy atom. The average Bonchev–Trinajstić information content (AvgIpc) is 3.66. The van der Waals surface area contributed by atoms with Crippen LogP contribution in [0.3, 0.4) is 0 Å². The van der Waals surface area contributed by atoms with Crippen molar-refractivity contribution in [2.75, 3.05) is 31.2 Å². The Kier molecular flexibility index (Phi) is 15.0. The highest BCUT2D eigenvalue weighted by Gasteiger charge is 2.30. The molecule has 1 aliphatic rings. The van der Waals surface area contributed by atoms with Crippen molar-refractivity contribution in [3.05, 3.63) is 113 Å². The molecule has 0 spiro atoms. The van der Waals surface area contributed by atoms with Crippen molar-refractivity contribution in [3.63, 3.8) is 0 Å². The fraction of sp³-hybridized carbons (Fsp3) is 0.410. The second-order valence-electron chi connectivity index (χ2n) is 13.2. The number of nitrogens with one attached hydrogen (secondary N) is 3. The van der Waals surface area contributed by atoms with Crippen LogP contribution in [0.2, 0.25) is 0 Å². The first-order valence-electron chi connectivity index (χ1n) is 17.8. The van der Waals surface area contributed by atoms with Crippen LogP contribution in [0.25, 0.3) is 0 Å². The highest BCUT2D eigenvalue weighted by atomic mass is 32.1. The molecule has 0 aliphatic carbocycles. The van der Waals surface area contributed by atoms with Gasteiger partial charge in [-0.1, -0.05) is 80.6 Å². The third-order valence-corrected chi connectivity index (χ3v) is 9.70. The third kappa shape index (κ3) is 12.8. The van der Waals surface area contributed by atoms with Crippen molar-refractivity contribution in [3.8, 4) is 0 Å². The van der Waals surface area contributed by atoms with Gasteiger partial charge in [0.15, 0.2) is 5.13 Å². The molecular weight excluding hydrogens is 697 g/mol. The molecule has 282 valence electrons. The largest absolute Gasteiger partial charge is 0.445 e. The topological polar surface area (TPSA) is 164 Å². The number of aliphatic hydroxyl groups is 1. The maximum Gasteiger partial charge on any atom is 0.408 e. The van der Waals surface area contributed by atoms with Crippen molar-refractivity contribution >= 4 is 34.6 Å². The average molecular weight is 745 g/mol. The summed E-state index contributed by atoms with van der Waals surface area (Å²) in [4.78, 5) is 50.5. The molecule has 4 atom stereocenters. The van der Waals surface area contributed by atoms with Gasteiger partial charge in [-0.3, -0.25) is 9.78 Å². The SMILES string of the molecule is CC(C)C(NC(=O)OCc1csc(N2CCOCC2)n1)C(=O)N[C@@H](Cc1ccccc1)C[C@H](O)[C@H](Cc1ccccc1)NC(=O)OCc1cccnc1. The molecule has 1 saturated heterocycles. The summed E-state index contributed by atoms with van der Waals surface area (Å²) in [6.07, 6.45) is 1.58. The van der Waals surface area contributed by atoms with E-state index in [1.807, 2.05) is 79.9 Å². The van der Waals surface area contributed by atoms with Crippen LogP contribution in [0.15, 0.2) is 90.6 Å². The predicted octanol–water partition coefficient (Wildman–Crippen LogP) is 4.64. The van der Waals surface area contributed by atoms with E-state index in [0.717, 1.165) is 34.9 Å². The van der Waals surface area contributed by atoms with Gasteiger partial charge in [-0.2, -0.15) is 0 Å². The molecule has 1 fully saturated rings. The Hall–Kier alpha value is -5.05. The fourth-order valence-corrected chi connectivity index (χ4v) is 6.78. The number of alkyl carbamates (subject to hydrolysis) is 2. The molecule has 0 bridgehead atoms. The zero-order valence-corrected chi connectivity index (χ0v) is 30.9. The number of amides is 3. The summed E-state index contributed by atoms with van der Waals surface area (Å²) in [6.45, 7) is 6.44.